The number of aromatic nitrogens is 2. The number of amides is 3. The van der Waals surface area contributed by atoms with Crippen LogP contribution in [-0.4, -0.2) is 81.2 Å². The lowest BCUT2D eigenvalue weighted by atomic mass is 10.0. The Kier molecular flexibility index (Phi) is 11.6. The molecule has 0 aliphatic heterocycles. The number of benzene rings is 2. The number of carbonyl (C=O) groups excluding carboxylic acids is 3. The molecule has 0 fully saturated rings. The number of carboxylic acids is 1. The number of nitrogens with one attached hydrogen (secondary N) is 5. The molecule has 0 bridgehead atoms. The molecule has 0 saturated heterocycles. The van der Waals surface area contributed by atoms with E-state index in [1.807, 2.05) is 48.5 Å². The van der Waals surface area contributed by atoms with Crippen LogP contribution in [-0.2, 0) is 32.0 Å². The van der Waals surface area contributed by atoms with Crippen LogP contribution in [0.2, 0.25) is 0 Å². The number of guanidine groups is 1. The van der Waals surface area contributed by atoms with Crippen molar-refractivity contribution in [3.63, 3.8) is 0 Å². The van der Waals surface area contributed by atoms with Gasteiger partial charge in [-0.15, -0.1) is 0 Å². The second-order valence-electron chi connectivity index (χ2n) is 10.9. The van der Waals surface area contributed by atoms with Gasteiger partial charge in [-0.3, -0.25) is 19.4 Å². The van der Waals surface area contributed by atoms with Gasteiger partial charge >= 0.3 is 5.97 Å². The van der Waals surface area contributed by atoms with Crippen molar-refractivity contribution in [2.75, 3.05) is 12.3 Å². The van der Waals surface area contributed by atoms with Gasteiger partial charge < -0.3 is 48.2 Å². The van der Waals surface area contributed by atoms with Gasteiger partial charge in [0.1, 0.15) is 18.1 Å². The second kappa shape index (κ2) is 15.8. The molecule has 15 heteroatoms. The predicted molar refractivity (Wildman–Crippen MR) is 179 cm³/mol. The van der Waals surface area contributed by atoms with Crippen LogP contribution >= 0.6 is 12.6 Å². The Bertz CT molecular complexity index is 1710. The van der Waals surface area contributed by atoms with Gasteiger partial charge in [0.25, 0.3) is 0 Å². The van der Waals surface area contributed by atoms with Crippen LogP contribution in [0.4, 0.5) is 0 Å². The molecule has 0 saturated carbocycles. The van der Waals surface area contributed by atoms with Crippen LogP contribution in [0.1, 0.15) is 24.0 Å². The quantitative estimate of drug-likeness (QED) is 0.0349. The number of carboxylic acid groups (broad SMARTS) is 1. The van der Waals surface area contributed by atoms with E-state index < -0.39 is 47.9 Å². The van der Waals surface area contributed by atoms with E-state index in [9.17, 15) is 24.3 Å². The topological polar surface area (TPSA) is 247 Å². The van der Waals surface area contributed by atoms with Crippen molar-refractivity contribution < 1.29 is 24.3 Å². The first-order chi connectivity index (χ1) is 22.1. The molecule has 4 rings (SSSR count). The van der Waals surface area contributed by atoms with Crippen LogP contribution in [0.15, 0.2) is 65.9 Å². The fraction of sp³-hybridized carbons (Fsp3) is 0.323. The maximum absolute atomic E-state index is 13.9. The summed E-state index contributed by atoms with van der Waals surface area (Å²) in [5.41, 5.74) is 19.8. The van der Waals surface area contributed by atoms with E-state index in [0.717, 1.165) is 32.9 Å². The minimum Gasteiger partial charge on any atom is -0.480 e. The number of rotatable bonds is 16. The van der Waals surface area contributed by atoms with Crippen LogP contribution < -0.4 is 33.2 Å². The first-order valence-electron chi connectivity index (χ1n) is 14.7. The fourth-order valence-electron chi connectivity index (χ4n) is 5.13. The molecule has 0 spiro atoms. The molecule has 4 aromatic rings. The van der Waals surface area contributed by atoms with Crippen molar-refractivity contribution in [3.05, 3.63) is 72.1 Å². The number of carbonyl (C=O) groups is 4. The standard InChI is InChI=1S/C31H39N9O5S/c32-21(16-46)27(41)39-25(12-17-14-36-22-8-3-1-6-19(17)22)29(43)40-26(13-18-15-37-23-9-4-2-7-20(18)23)28(42)38-24(30(44)45)10-5-11-35-31(33)34/h1-4,6-9,14-15,21,24-26,36-37,46H,5,10-13,16,32H2,(H,38,42)(H,39,41)(H,40,43)(H,44,45)(H4,33,34,35). The van der Waals surface area contributed by atoms with Gasteiger partial charge in [0, 0.05) is 59.3 Å². The molecule has 0 radical (unpaired) electrons. The third-order valence-corrected chi connectivity index (χ3v) is 7.95. The van der Waals surface area contributed by atoms with Crippen molar-refractivity contribution >= 4 is 64.1 Å². The Morgan fingerprint density at radius 2 is 1.26 bits per heavy atom. The monoisotopic (exact) mass is 649 g/mol. The fourth-order valence-corrected chi connectivity index (χ4v) is 5.29. The van der Waals surface area contributed by atoms with Crippen molar-refractivity contribution in [2.45, 2.75) is 49.9 Å². The summed E-state index contributed by atoms with van der Waals surface area (Å²) >= 11 is 4.10. The molecular weight excluding hydrogens is 610 g/mol. The van der Waals surface area contributed by atoms with Crippen LogP contribution in [0.25, 0.3) is 21.8 Å². The van der Waals surface area contributed by atoms with Crippen molar-refractivity contribution in [2.24, 2.45) is 22.2 Å². The molecule has 2 heterocycles. The molecule has 4 unspecified atom stereocenters. The second-order valence-corrected chi connectivity index (χ2v) is 11.3. The number of thiol groups is 1. The Morgan fingerprint density at radius 1 is 0.783 bits per heavy atom. The summed E-state index contributed by atoms with van der Waals surface area (Å²) < 4.78 is 0. The molecule has 4 atom stereocenters. The Morgan fingerprint density at radius 3 is 1.74 bits per heavy atom. The van der Waals surface area contributed by atoms with E-state index in [4.69, 9.17) is 17.2 Å². The maximum atomic E-state index is 13.9. The number of hydrogen-bond donors (Lipinski definition) is 10. The van der Waals surface area contributed by atoms with E-state index in [-0.39, 0.29) is 37.5 Å². The number of nitrogens with zero attached hydrogens (tertiary/aromatic N) is 1. The normalized spacial score (nSPS) is 13.8. The zero-order chi connectivity index (χ0) is 33.2. The third kappa shape index (κ3) is 8.79. The zero-order valence-electron chi connectivity index (χ0n) is 25.0. The molecular formula is C31H39N9O5S. The number of hydrogen-bond acceptors (Lipinski definition) is 7. The first kappa shape index (κ1) is 33.9. The molecule has 12 N–H and O–H groups in total. The average molecular weight is 650 g/mol. The number of fused-ring (bicyclic) bond motifs is 2. The summed E-state index contributed by atoms with van der Waals surface area (Å²) in [6.07, 6.45) is 3.95. The Labute approximate surface area is 270 Å². The largest absolute Gasteiger partial charge is 0.480 e. The number of aliphatic carboxylic acids is 1. The van der Waals surface area contributed by atoms with Crippen molar-refractivity contribution in [1.29, 1.82) is 0 Å². The highest BCUT2D eigenvalue weighted by atomic mass is 32.1. The SMILES string of the molecule is NC(N)=NCCCC(NC(=O)C(Cc1c[nH]c2ccccc12)NC(=O)C(Cc1c[nH]c2ccccc12)NC(=O)C(N)CS)C(=O)O. The summed E-state index contributed by atoms with van der Waals surface area (Å²) in [4.78, 5) is 62.7. The van der Waals surface area contributed by atoms with Crippen molar-refractivity contribution in [1.82, 2.24) is 25.9 Å². The molecule has 2 aromatic carbocycles. The number of aliphatic imine (C=N–C) groups is 1. The Balaban J connectivity index is 1.61. The number of nitrogens with two attached hydrogens (primary N) is 3. The van der Waals surface area contributed by atoms with Gasteiger partial charge in [-0.05, 0) is 36.1 Å². The molecule has 46 heavy (non-hydrogen) atoms. The minimum atomic E-state index is -1.26. The van der Waals surface area contributed by atoms with E-state index in [2.05, 4.69) is 43.5 Å². The molecule has 0 aliphatic rings. The summed E-state index contributed by atoms with van der Waals surface area (Å²) in [6, 6.07) is 10.4. The van der Waals surface area contributed by atoms with Crippen LogP contribution in [0.3, 0.4) is 0 Å². The molecule has 14 nitrogen and oxygen atoms in total. The van der Waals surface area contributed by atoms with E-state index in [1.54, 1.807) is 12.4 Å². The number of H-pyrrole nitrogens is 2. The lowest BCUT2D eigenvalue weighted by Gasteiger charge is -2.25. The molecule has 2 aromatic heterocycles. The molecule has 244 valence electrons. The van der Waals surface area contributed by atoms with E-state index in [0.29, 0.717) is 6.42 Å². The van der Waals surface area contributed by atoms with Gasteiger partial charge in [-0.25, -0.2) is 4.79 Å². The Hall–Kier alpha value is -5.02. The lowest BCUT2D eigenvalue weighted by Crippen LogP contribution is -2.58. The highest BCUT2D eigenvalue weighted by molar-refractivity contribution is 7.80. The zero-order valence-corrected chi connectivity index (χ0v) is 25.9. The van der Waals surface area contributed by atoms with Gasteiger partial charge in [0.05, 0.1) is 6.04 Å². The van der Waals surface area contributed by atoms with Crippen LogP contribution in [0.5, 0.6) is 0 Å². The highest BCUT2D eigenvalue weighted by Gasteiger charge is 2.31. The summed E-state index contributed by atoms with van der Waals surface area (Å²) in [5, 5.41) is 19.6. The van der Waals surface area contributed by atoms with Gasteiger partial charge in [0.2, 0.25) is 17.7 Å². The minimum absolute atomic E-state index is 0.0336. The molecule has 0 aliphatic carbocycles. The third-order valence-electron chi connectivity index (χ3n) is 7.56. The first-order valence-corrected chi connectivity index (χ1v) is 15.4. The average Bonchev–Trinajstić information content (AvgIpc) is 3.65. The van der Waals surface area contributed by atoms with Gasteiger partial charge in [0.15, 0.2) is 5.96 Å². The predicted octanol–water partition coefficient (Wildman–Crippen LogP) is 0.284. The number of para-hydroxylation sites is 2. The maximum Gasteiger partial charge on any atom is 0.326 e. The van der Waals surface area contributed by atoms with E-state index >= 15 is 0 Å². The molecule has 3 amide bonds. The van der Waals surface area contributed by atoms with Crippen LogP contribution in [0, 0.1) is 0 Å². The number of aromatic amines is 2. The highest BCUT2D eigenvalue weighted by Crippen LogP contribution is 2.21. The van der Waals surface area contributed by atoms with Gasteiger partial charge in [-0.1, -0.05) is 36.4 Å². The summed E-state index contributed by atoms with van der Waals surface area (Å²) in [7, 11) is 0. The smallest absolute Gasteiger partial charge is 0.326 e. The van der Waals surface area contributed by atoms with E-state index in [1.165, 1.54) is 0 Å². The lowest BCUT2D eigenvalue weighted by molar-refractivity contribution is -0.142. The van der Waals surface area contributed by atoms with Gasteiger partial charge in [-0.2, -0.15) is 12.6 Å². The summed E-state index contributed by atoms with van der Waals surface area (Å²) in [6.45, 7) is 0.182. The summed E-state index contributed by atoms with van der Waals surface area (Å²) in [5.74, 6) is -3.26. The van der Waals surface area contributed by atoms with Crippen molar-refractivity contribution in [3.8, 4) is 0 Å².